The number of amides is 2. The predicted octanol–water partition coefficient (Wildman–Crippen LogP) is 4.58. The molecule has 3 aromatic rings. The number of hydrogen-bond acceptors (Lipinski definition) is 5. The van der Waals surface area contributed by atoms with Crippen molar-refractivity contribution in [1.29, 1.82) is 0 Å². The lowest BCUT2D eigenvalue weighted by atomic mass is 9.92. The van der Waals surface area contributed by atoms with Gasteiger partial charge in [0.25, 0.3) is 11.8 Å². The summed E-state index contributed by atoms with van der Waals surface area (Å²) in [5.41, 5.74) is 8.31. The molecule has 0 unspecified atom stereocenters. The van der Waals surface area contributed by atoms with Gasteiger partial charge in [-0.3, -0.25) is 9.59 Å². The van der Waals surface area contributed by atoms with Crippen LogP contribution in [0.3, 0.4) is 0 Å². The molecule has 0 aliphatic carbocycles. The van der Waals surface area contributed by atoms with Gasteiger partial charge in [-0.25, -0.2) is 0 Å². The van der Waals surface area contributed by atoms with E-state index in [4.69, 9.17) is 15.2 Å². The highest BCUT2D eigenvalue weighted by molar-refractivity contribution is 6.04. The van der Waals surface area contributed by atoms with E-state index in [1.54, 1.807) is 30.2 Å². The van der Waals surface area contributed by atoms with Crippen LogP contribution in [0.25, 0.3) is 0 Å². The van der Waals surface area contributed by atoms with E-state index in [9.17, 15) is 9.59 Å². The Labute approximate surface area is 206 Å². The van der Waals surface area contributed by atoms with Crippen LogP contribution < -0.4 is 20.5 Å². The molecule has 0 heterocycles. The van der Waals surface area contributed by atoms with Crippen molar-refractivity contribution in [2.24, 2.45) is 11.1 Å². The van der Waals surface area contributed by atoms with Crippen LogP contribution in [-0.4, -0.2) is 44.0 Å². The third-order valence-electron chi connectivity index (χ3n) is 5.68. The van der Waals surface area contributed by atoms with E-state index in [1.165, 1.54) is 7.11 Å². The van der Waals surface area contributed by atoms with Crippen LogP contribution in [0.1, 0.15) is 40.1 Å². The average molecular weight is 476 g/mol. The Morgan fingerprint density at radius 3 is 2.26 bits per heavy atom. The number of carbonyl (C=O) groups is 2. The van der Waals surface area contributed by atoms with Crippen LogP contribution in [0, 0.1) is 5.41 Å². The predicted molar refractivity (Wildman–Crippen MR) is 138 cm³/mol. The van der Waals surface area contributed by atoms with Gasteiger partial charge in [0, 0.05) is 29.9 Å². The minimum absolute atomic E-state index is 0.0631. The molecule has 0 atom stereocenters. The Morgan fingerprint density at radius 1 is 0.886 bits per heavy atom. The fourth-order valence-electron chi connectivity index (χ4n) is 3.69. The third kappa shape index (κ3) is 6.83. The number of anilines is 1. The number of nitrogens with zero attached hydrogens (tertiary/aromatic N) is 1. The van der Waals surface area contributed by atoms with Gasteiger partial charge in [0.2, 0.25) is 0 Å². The van der Waals surface area contributed by atoms with Crippen LogP contribution in [0.15, 0.2) is 72.8 Å². The van der Waals surface area contributed by atoms with Gasteiger partial charge in [-0.2, -0.15) is 0 Å². The van der Waals surface area contributed by atoms with E-state index in [0.29, 0.717) is 47.9 Å². The summed E-state index contributed by atoms with van der Waals surface area (Å²) in [6.45, 7) is 5.42. The molecule has 0 radical (unpaired) electrons. The molecule has 0 aromatic heterocycles. The van der Waals surface area contributed by atoms with E-state index < -0.39 is 0 Å². The summed E-state index contributed by atoms with van der Waals surface area (Å²) in [4.78, 5) is 27.9. The van der Waals surface area contributed by atoms with Gasteiger partial charge in [-0.15, -0.1) is 0 Å². The number of nitrogens with one attached hydrogen (secondary N) is 1. The first-order valence-corrected chi connectivity index (χ1v) is 11.4. The van der Waals surface area contributed by atoms with E-state index in [0.717, 1.165) is 5.56 Å². The molecule has 7 nitrogen and oxygen atoms in total. The van der Waals surface area contributed by atoms with Crippen molar-refractivity contribution in [2.75, 3.05) is 32.6 Å². The standard InChI is InChI=1S/C28H33N3O4/c1-28(2,18-29)19-31(27(33)21-10-6-5-7-11-21)17-20-9-8-12-23(15-20)30-26(32)22-13-14-24(34-3)25(16-22)35-4/h5-16H,17-19,29H2,1-4H3,(H,30,32). The Balaban J connectivity index is 1.80. The number of ether oxygens (including phenoxy) is 2. The number of rotatable bonds is 10. The second kappa shape index (κ2) is 11.5. The monoisotopic (exact) mass is 475 g/mol. The van der Waals surface area contributed by atoms with Crippen molar-refractivity contribution in [3.8, 4) is 11.5 Å². The summed E-state index contributed by atoms with van der Waals surface area (Å²) in [6, 6.07) is 21.7. The molecular weight excluding hydrogens is 442 g/mol. The molecule has 35 heavy (non-hydrogen) atoms. The zero-order chi connectivity index (χ0) is 25.4. The number of hydrogen-bond donors (Lipinski definition) is 2. The second-order valence-corrected chi connectivity index (χ2v) is 9.12. The summed E-state index contributed by atoms with van der Waals surface area (Å²) < 4.78 is 10.5. The topological polar surface area (TPSA) is 93.9 Å². The number of nitrogens with two attached hydrogens (primary N) is 1. The van der Waals surface area contributed by atoms with Crippen molar-refractivity contribution in [2.45, 2.75) is 20.4 Å². The quantitative estimate of drug-likeness (QED) is 0.448. The molecular formula is C28H33N3O4. The number of benzene rings is 3. The summed E-state index contributed by atoms with van der Waals surface area (Å²) in [5.74, 6) is 0.692. The lowest BCUT2D eigenvalue weighted by Crippen LogP contribution is -2.41. The van der Waals surface area contributed by atoms with E-state index >= 15 is 0 Å². The van der Waals surface area contributed by atoms with Crippen molar-refractivity contribution < 1.29 is 19.1 Å². The molecule has 0 bridgehead atoms. The molecule has 0 saturated heterocycles. The van der Waals surface area contributed by atoms with Crippen LogP contribution in [0.2, 0.25) is 0 Å². The van der Waals surface area contributed by atoms with Crippen molar-refractivity contribution in [1.82, 2.24) is 4.90 Å². The third-order valence-corrected chi connectivity index (χ3v) is 5.68. The van der Waals surface area contributed by atoms with Crippen molar-refractivity contribution in [3.63, 3.8) is 0 Å². The van der Waals surface area contributed by atoms with Crippen LogP contribution in [0.5, 0.6) is 11.5 Å². The number of carbonyl (C=O) groups excluding carboxylic acids is 2. The summed E-state index contributed by atoms with van der Waals surface area (Å²) in [6.07, 6.45) is 0. The lowest BCUT2D eigenvalue weighted by molar-refractivity contribution is 0.0673. The molecule has 7 heteroatoms. The van der Waals surface area contributed by atoms with Gasteiger partial charge in [-0.05, 0) is 60.0 Å². The van der Waals surface area contributed by atoms with Gasteiger partial charge >= 0.3 is 0 Å². The average Bonchev–Trinajstić information content (AvgIpc) is 2.88. The molecule has 3 rings (SSSR count). The van der Waals surface area contributed by atoms with Crippen molar-refractivity contribution in [3.05, 3.63) is 89.5 Å². The first-order valence-electron chi connectivity index (χ1n) is 11.4. The highest BCUT2D eigenvalue weighted by Crippen LogP contribution is 2.28. The molecule has 3 aromatic carbocycles. The fourth-order valence-corrected chi connectivity index (χ4v) is 3.69. The summed E-state index contributed by atoms with van der Waals surface area (Å²) >= 11 is 0. The van der Waals surface area contributed by atoms with Gasteiger partial charge in [-0.1, -0.05) is 44.2 Å². The normalized spacial score (nSPS) is 11.0. The number of methoxy groups -OCH3 is 2. The molecule has 0 spiro atoms. The molecule has 3 N–H and O–H groups in total. The Bertz CT molecular complexity index is 1160. The second-order valence-electron chi connectivity index (χ2n) is 9.12. The minimum atomic E-state index is -0.274. The molecule has 0 aliphatic heterocycles. The van der Waals surface area contributed by atoms with E-state index in [-0.39, 0.29) is 17.2 Å². The largest absolute Gasteiger partial charge is 0.493 e. The molecule has 0 aliphatic rings. The van der Waals surface area contributed by atoms with E-state index in [1.807, 2.05) is 68.4 Å². The highest BCUT2D eigenvalue weighted by atomic mass is 16.5. The zero-order valence-electron chi connectivity index (χ0n) is 20.7. The van der Waals surface area contributed by atoms with Gasteiger partial charge in [0.1, 0.15) is 0 Å². The first-order chi connectivity index (χ1) is 16.8. The van der Waals surface area contributed by atoms with Gasteiger partial charge in [0.05, 0.1) is 14.2 Å². The maximum Gasteiger partial charge on any atom is 0.255 e. The van der Waals surface area contributed by atoms with Crippen molar-refractivity contribution >= 4 is 17.5 Å². The van der Waals surface area contributed by atoms with E-state index in [2.05, 4.69) is 5.32 Å². The molecule has 2 amide bonds. The Kier molecular flexibility index (Phi) is 8.49. The first kappa shape index (κ1) is 25.8. The van der Waals surface area contributed by atoms with Gasteiger partial charge in [0.15, 0.2) is 11.5 Å². The fraction of sp³-hybridized carbons (Fsp3) is 0.286. The lowest BCUT2D eigenvalue weighted by Gasteiger charge is -2.32. The maximum absolute atomic E-state index is 13.3. The van der Waals surface area contributed by atoms with Crippen LogP contribution >= 0.6 is 0 Å². The SMILES string of the molecule is COc1ccc(C(=O)Nc2cccc(CN(CC(C)(C)CN)C(=O)c3ccccc3)c2)cc1OC. The van der Waals surface area contributed by atoms with Crippen LogP contribution in [0.4, 0.5) is 5.69 Å². The Hall–Kier alpha value is -3.84. The Morgan fingerprint density at radius 2 is 1.60 bits per heavy atom. The maximum atomic E-state index is 13.3. The summed E-state index contributed by atoms with van der Waals surface area (Å²) in [7, 11) is 3.07. The summed E-state index contributed by atoms with van der Waals surface area (Å²) in [5, 5.41) is 2.92. The zero-order valence-corrected chi connectivity index (χ0v) is 20.7. The minimum Gasteiger partial charge on any atom is -0.493 e. The molecule has 184 valence electrons. The molecule has 0 fully saturated rings. The smallest absolute Gasteiger partial charge is 0.255 e. The highest BCUT2D eigenvalue weighted by Gasteiger charge is 2.25. The van der Waals surface area contributed by atoms with Gasteiger partial charge < -0.3 is 25.4 Å². The molecule has 0 saturated carbocycles. The van der Waals surface area contributed by atoms with Crippen LogP contribution in [-0.2, 0) is 6.54 Å².